The molecule has 1 aromatic carbocycles. The maximum Gasteiger partial charge on any atom is 0.253 e. The Balaban J connectivity index is 1.22. The van der Waals surface area contributed by atoms with Gasteiger partial charge in [0.25, 0.3) is 5.91 Å². The zero-order valence-corrected chi connectivity index (χ0v) is 24.0. The van der Waals surface area contributed by atoms with Crippen molar-refractivity contribution in [2.45, 2.75) is 46.1 Å². The van der Waals surface area contributed by atoms with E-state index in [-0.39, 0.29) is 5.91 Å². The van der Waals surface area contributed by atoms with Crippen molar-refractivity contribution in [1.82, 2.24) is 29.3 Å². The normalized spacial score (nSPS) is 19.2. The van der Waals surface area contributed by atoms with Crippen LogP contribution in [0.25, 0.3) is 11.2 Å². The summed E-state index contributed by atoms with van der Waals surface area (Å²) in [4.78, 5) is 24.0. The number of hydrogen-bond acceptors (Lipinski definition) is 8. The van der Waals surface area contributed by atoms with Gasteiger partial charge in [0.15, 0.2) is 5.65 Å². The highest BCUT2D eigenvalue weighted by atomic mass is 16.6. The third kappa shape index (κ3) is 6.36. The molecule has 2 aliphatic heterocycles. The predicted molar refractivity (Wildman–Crippen MR) is 156 cm³/mol. The number of likely N-dealkylation sites (tertiary alicyclic amines) is 1. The molecule has 10 nitrogen and oxygen atoms in total. The number of benzene rings is 1. The quantitative estimate of drug-likeness (QED) is 0.371. The van der Waals surface area contributed by atoms with E-state index >= 15 is 0 Å². The summed E-state index contributed by atoms with van der Waals surface area (Å²) in [6.07, 6.45) is 5.03. The summed E-state index contributed by atoms with van der Waals surface area (Å²) in [5.74, 6) is 1.05. The van der Waals surface area contributed by atoms with Crippen LogP contribution in [0.1, 0.15) is 49.5 Å². The van der Waals surface area contributed by atoms with E-state index in [0.717, 1.165) is 49.4 Å². The molecular weight excluding hydrogens is 506 g/mol. The number of fused-ring (bicyclic) bond motifs is 1. The number of aromatic nitrogens is 3. The Hall–Kier alpha value is -3.31. The number of aliphatic hydroxyl groups excluding tert-OH is 1. The summed E-state index contributed by atoms with van der Waals surface area (Å²) in [5, 5.41) is 18.0. The number of amides is 1. The van der Waals surface area contributed by atoms with E-state index in [1.54, 1.807) is 4.52 Å². The van der Waals surface area contributed by atoms with Crippen LogP contribution in [0.5, 0.6) is 0 Å². The summed E-state index contributed by atoms with van der Waals surface area (Å²) in [6, 6.07) is 12.1. The minimum Gasteiger partial charge on any atom is -0.356 e. The van der Waals surface area contributed by atoms with Crippen LogP contribution in [0.2, 0.25) is 0 Å². The van der Waals surface area contributed by atoms with Gasteiger partial charge in [-0.3, -0.25) is 9.69 Å². The number of pyridine rings is 1. The SMILES string of the molecule is CCOC(O)N1CC=C(c2cccn3nc(Nc4ccc(C(=O)N(C)CC5CCN(C(C)C)C5)cc4)nc23)CC1. The van der Waals surface area contributed by atoms with Gasteiger partial charge in [0, 0.05) is 68.9 Å². The molecule has 0 saturated carbocycles. The van der Waals surface area contributed by atoms with Crippen molar-refractivity contribution in [2.24, 2.45) is 5.92 Å². The van der Waals surface area contributed by atoms with Gasteiger partial charge in [-0.1, -0.05) is 6.08 Å². The average molecular weight is 548 g/mol. The van der Waals surface area contributed by atoms with Gasteiger partial charge < -0.3 is 25.0 Å². The van der Waals surface area contributed by atoms with E-state index in [9.17, 15) is 9.90 Å². The van der Waals surface area contributed by atoms with E-state index in [0.29, 0.717) is 43.2 Å². The lowest BCUT2D eigenvalue weighted by Crippen LogP contribution is -2.40. The molecule has 0 spiro atoms. The lowest BCUT2D eigenvalue weighted by Gasteiger charge is -2.30. The number of nitrogens with one attached hydrogen (secondary N) is 1. The molecule has 5 rings (SSSR count). The highest BCUT2D eigenvalue weighted by Gasteiger charge is 2.26. The van der Waals surface area contributed by atoms with Crippen LogP contribution in [-0.4, -0.2) is 99.1 Å². The van der Waals surface area contributed by atoms with Crippen molar-refractivity contribution in [3.63, 3.8) is 0 Å². The van der Waals surface area contributed by atoms with Gasteiger partial charge in [0.1, 0.15) is 0 Å². The Morgan fingerprint density at radius 1 is 1.20 bits per heavy atom. The number of aliphatic hydroxyl groups is 1. The fraction of sp³-hybridized carbons (Fsp3) is 0.500. The molecule has 1 fully saturated rings. The predicted octanol–water partition coefficient (Wildman–Crippen LogP) is 3.68. The molecule has 214 valence electrons. The van der Waals surface area contributed by atoms with E-state index in [1.165, 1.54) is 5.57 Å². The lowest BCUT2D eigenvalue weighted by atomic mass is 10.0. The van der Waals surface area contributed by atoms with E-state index in [2.05, 4.69) is 41.3 Å². The van der Waals surface area contributed by atoms with Gasteiger partial charge >= 0.3 is 0 Å². The molecule has 2 atom stereocenters. The Morgan fingerprint density at radius 3 is 2.67 bits per heavy atom. The van der Waals surface area contributed by atoms with Crippen molar-refractivity contribution in [2.75, 3.05) is 51.7 Å². The minimum atomic E-state index is -0.882. The van der Waals surface area contributed by atoms with Crippen molar-refractivity contribution in [3.8, 4) is 0 Å². The van der Waals surface area contributed by atoms with Crippen LogP contribution in [0.15, 0.2) is 48.7 Å². The summed E-state index contributed by atoms with van der Waals surface area (Å²) in [5.41, 5.74) is 4.45. The van der Waals surface area contributed by atoms with Gasteiger partial charge in [-0.2, -0.15) is 4.98 Å². The number of hydrogen-bond donors (Lipinski definition) is 2. The van der Waals surface area contributed by atoms with Crippen LogP contribution in [-0.2, 0) is 4.74 Å². The first-order valence-corrected chi connectivity index (χ1v) is 14.3. The second-order valence-corrected chi connectivity index (χ2v) is 11.0. The monoisotopic (exact) mass is 547 g/mol. The van der Waals surface area contributed by atoms with Crippen molar-refractivity contribution in [1.29, 1.82) is 0 Å². The topological polar surface area (TPSA) is 98.5 Å². The number of nitrogens with zero attached hydrogens (tertiary/aromatic N) is 6. The molecule has 1 amide bonds. The fourth-order valence-electron chi connectivity index (χ4n) is 5.59. The first kappa shape index (κ1) is 28.2. The zero-order valence-electron chi connectivity index (χ0n) is 24.0. The van der Waals surface area contributed by atoms with Crippen LogP contribution in [0.3, 0.4) is 0 Å². The van der Waals surface area contributed by atoms with Gasteiger partial charge in [0.2, 0.25) is 12.4 Å². The van der Waals surface area contributed by atoms with Crippen molar-refractivity contribution < 1.29 is 14.6 Å². The molecule has 4 heterocycles. The first-order chi connectivity index (χ1) is 19.3. The summed E-state index contributed by atoms with van der Waals surface area (Å²) >= 11 is 0. The van der Waals surface area contributed by atoms with Gasteiger partial charge in [-0.05, 0) is 88.0 Å². The molecule has 10 heteroatoms. The third-order valence-corrected chi connectivity index (χ3v) is 7.89. The largest absolute Gasteiger partial charge is 0.356 e. The molecule has 1 saturated heterocycles. The number of carbonyl (C=O) groups excluding carboxylic acids is 1. The smallest absolute Gasteiger partial charge is 0.253 e. The van der Waals surface area contributed by atoms with Gasteiger partial charge in [-0.25, -0.2) is 4.52 Å². The molecule has 3 aromatic rings. The second kappa shape index (κ2) is 12.5. The molecule has 2 aliphatic rings. The maximum atomic E-state index is 13.0. The molecule has 2 aromatic heterocycles. The van der Waals surface area contributed by atoms with Crippen LogP contribution in [0.4, 0.5) is 11.6 Å². The molecule has 2 N–H and O–H groups in total. The molecule has 0 aliphatic carbocycles. The van der Waals surface area contributed by atoms with E-state index < -0.39 is 6.41 Å². The number of carbonyl (C=O) groups is 1. The summed E-state index contributed by atoms with van der Waals surface area (Å²) in [6.45, 7) is 11.0. The maximum absolute atomic E-state index is 13.0. The highest BCUT2D eigenvalue weighted by Crippen LogP contribution is 2.27. The van der Waals surface area contributed by atoms with E-state index in [4.69, 9.17) is 9.72 Å². The first-order valence-electron chi connectivity index (χ1n) is 14.3. The number of ether oxygens (including phenoxy) is 1. The zero-order chi connectivity index (χ0) is 28.2. The Kier molecular flexibility index (Phi) is 8.80. The standard InChI is InChI=1S/C30H41N7O3/c1-5-40-30(39)35-17-13-23(14-18-35)26-7-6-15-37-27(26)32-29(33-37)31-25-10-8-24(9-11-25)28(38)34(4)19-22-12-16-36(20-22)21(2)3/h6-11,13,15,21-22,30,39H,5,12,14,16-20H2,1-4H3,(H,31,33). The average Bonchev–Trinajstić information content (AvgIpc) is 3.60. The molecular formula is C30H41N7O3. The van der Waals surface area contributed by atoms with Gasteiger partial charge in [0.05, 0.1) is 0 Å². The number of anilines is 2. The molecule has 2 unspecified atom stereocenters. The van der Waals surface area contributed by atoms with Crippen LogP contribution in [0, 0.1) is 5.92 Å². The molecule has 40 heavy (non-hydrogen) atoms. The van der Waals surface area contributed by atoms with Gasteiger partial charge in [-0.15, -0.1) is 5.10 Å². The van der Waals surface area contributed by atoms with Crippen LogP contribution < -0.4 is 5.32 Å². The minimum absolute atomic E-state index is 0.0399. The second-order valence-electron chi connectivity index (χ2n) is 11.0. The summed E-state index contributed by atoms with van der Waals surface area (Å²) in [7, 11) is 1.89. The van der Waals surface area contributed by atoms with Crippen molar-refractivity contribution in [3.05, 3.63) is 59.8 Å². The molecule has 0 bridgehead atoms. The Bertz CT molecular complexity index is 1340. The lowest BCUT2D eigenvalue weighted by molar-refractivity contribution is -0.187. The molecule has 0 radical (unpaired) electrons. The Morgan fingerprint density at radius 2 is 2.00 bits per heavy atom. The van der Waals surface area contributed by atoms with Crippen molar-refractivity contribution >= 4 is 28.8 Å². The Labute approximate surface area is 236 Å². The van der Waals surface area contributed by atoms with Crippen LogP contribution >= 0.6 is 0 Å². The third-order valence-electron chi connectivity index (χ3n) is 7.89. The summed E-state index contributed by atoms with van der Waals surface area (Å²) < 4.78 is 7.09. The number of rotatable bonds is 10. The van der Waals surface area contributed by atoms with E-state index in [1.807, 2.05) is 60.3 Å². The highest BCUT2D eigenvalue weighted by molar-refractivity contribution is 5.94. The fourth-order valence-corrected chi connectivity index (χ4v) is 5.59.